The first-order valence-corrected chi connectivity index (χ1v) is 15.3. The van der Waals surface area contributed by atoms with Gasteiger partial charge in [0.25, 0.3) is 0 Å². The van der Waals surface area contributed by atoms with Gasteiger partial charge in [0.2, 0.25) is 21.8 Å². The quantitative estimate of drug-likeness (QED) is 0.300. The first kappa shape index (κ1) is 30.2. The Morgan fingerprint density at radius 1 is 0.974 bits per heavy atom. The van der Waals surface area contributed by atoms with E-state index in [0.29, 0.717) is 24.6 Å². The average molecular weight is 617 g/mol. The Labute approximate surface area is 239 Å². The van der Waals surface area contributed by atoms with Gasteiger partial charge in [-0.05, 0) is 60.9 Å². The fourth-order valence-electron chi connectivity index (χ4n) is 3.87. The molecular weight excluding hydrogens is 582 g/mol. The normalized spacial score (nSPS) is 11.9. The largest absolute Gasteiger partial charge is 0.489 e. The second-order valence-corrected chi connectivity index (χ2v) is 12.0. The van der Waals surface area contributed by atoms with Crippen LogP contribution in [0.4, 0.5) is 5.69 Å². The summed E-state index contributed by atoms with van der Waals surface area (Å²) in [5.74, 6) is -0.227. The van der Waals surface area contributed by atoms with Crippen LogP contribution in [-0.2, 0) is 32.8 Å². The second-order valence-electron chi connectivity index (χ2n) is 9.16. The minimum Gasteiger partial charge on any atom is -0.489 e. The summed E-state index contributed by atoms with van der Waals surface area (Å²) in [6, 6.07) is 22.8. The number of amides is 2. The molecule has 0 spiro atoms. The van der Waals surface area contributed by atoms with Gasteiger partial charge in [-0.1, -0.05) is 65.3 Å². The zero-order valence-corrected chi connectivity index (χ0v) is 24.7. The van der Waals surface area contributed by atoms with Gasteiger partial charge in [0.05, 0.1) is 11.9 Å². The number of halogens is 1. The van der Waals surface area contributed by atoms with Gasteiger partial charge in [-0.3, -0.25) is 13.9 Å². The standard InChI is InChI=1S/C29H34BrN3O5S/c1-4-17-31-29(35)22(2)32(19-24-11-8-12-25(30)18-24)28(34)20-33(39(3,36)37)26-13-15-27(16-14-26)38-21-23-9-6-5-7-10-23/h5-16,18,22H,4,17,19-21H2,1-3H3,(H,31,35)/t22-/m1/s1. The summed E-state index contributed by atoms with van der Waals surface area (Å²) in [4.78, 5) is 27.8. The van der Waals surface area contributed by atoms with Gasteiger partial charge in [-0.2, -0.15) is 0 Å². The fourth-order valence-corrected chi connectivity index (χ4v) is 5.17. The fraction of sp³-hybridized carbons (Fsp3) is 0.310. The van der Waals surface area contributed by atoms with Crippen molar-refractivity contribution in [3.8, 4) is 5.75 Å². The predicted octanol–water partition coefficient (Wildman–Crippen LogP) is 4.74. The highest BCUT2D eigenvalue weighted by Gasteiger charge is 2.30. The molecule has 0 heterocycles. The van der Waals surface area contributed by atoms with Crippen LogP contribution in [0.3, 0.4) is 0 Å². The van der Waals surface area contributed by atoms with Crippen molar-refractivity contribution < 1.29 is 22.7 Å². The number of nitrogens with one attached hydrogen (secondary N) is 1. The number of sulfonamides is 1. The van der Waals surface area contributed by atoms with Crippen molar-refractivity contribution in [2.75, 3.05) is 23.7 Å². The highest BCUT2D eigenvalue weighted by Crippen LogP contribution is 2.23. The lowest BCUT2D eigenvalue weighted by Crippen LogP contribution is -2.51. The van der Waals surface area contributed by atoms with Crippen LogP contribution in [0.5, 0.6) is 5.75 Å². The van der Waals surface area contributed by atoms with Crippen molar-refractivity contribution in [3.63, 3.8) is 0 Å². The molecule has 0 saturated carbocycles. The SMILES string of the molecule is CCCNC(=O)[C@@H](C)N(Cc1cccc(Br)c1)C(=O)CN(c1ccc(OCc2ccccc2)cc1)S(C)(=O)=O. The molecule has 3 aromatic carbocycles. The Morgan fingerprint density at radius 3 is 2.26 bits per heavy atom. The van der Waals surface area contributed by atoms with E-state index in [1.807, 2.05) is 61.5 Å². The lowest BCUT2D eigenvalue weighted by atomic mass is 10.1. The molecule has 0 fully saturated rings. The third kappa shape index (κ3) is 9.11. The minimum absolute atomic E-state index is 0.142. The zero-order chi connectivity index (χ0) is 28.4. The summed E-state index contributed by atoms with van der Waals surface area (Å²) in [5, 5.41) is 2.82. The van der Waals surface area contributed by atoms with E-state index in [1.165, 1.54) is 4.90 Å². The van der Waals surface area contributed by atoms with E-state index < -0.39 is 28.5 Å². The molecule has 0 unspecified atom stereocenters. The molecule has 1 atom stereocenters. The van der Waals surface area contributed by atoms with Crippen molar-refractivity contribution in [2.24, 2.45) is 0 Å². The van der Waals surface area contributed by atoms with Crippen LogP contribution in [0, 0.1) is 0 Å². The van der Waals surface area contributed by atoms with Gasteiger partial charge < -0.3 is 15.0 Å². The summed E-state index contributed by atoms with van der Waals surface area (Å²) < 4.78 is 33.2. The highest BCUT2D eigenvalue weighted by atomic mass is 79.9. The van der Waals surface area contributed by atoms with Crippen LogP contribution in [0.25, 0.3) is 0 Å². The van der Waals surface area contributed by atoms with E-state index in [2.05, 4.69) is 21.2 Å². The van der Waals surface area contributed by atoms with E-state index in [0.717, 1.165) is 32.6 Å². The molecule has 1 N–H and O–H groups in total. The molecule has 39 heavy (non-hydrogen) atoms. The Kier molecular flexibility index (Phi) is 10.9. The number of hydrogen-bond acceptors (Lipinski definition) is 5. The summed E-state index contributed by atoms with van der Waals surface area (Å²) >= 11 is 3.44. The molecule has 8 nitrogen and oxygen atoms in total. The summed E-state index contributed by atoms with van der Waals surface area (Å²) in [5.41, 5.74) is 2.13. The highest BCUT2D eigenvalue weighted by molar-refractivity contribution is 9.10. The van der Waals surface area contributed by atoms with E-state index in [4.69, 9.17) is 4.74 Å². The summed E-state index contributed by atoms with van der Waals surface area (Å²) in [6.07, 6.45) is 1.81. The molecule has 10 heteroatoms. The molecular formula is C29H34BrN3O5S. The van der Waals surface area contributed by atoms with Gasteiger partial charge in [0.15, 0.2) is 0 Å². The first-order chi connectivity index (χ1) is 18.6. The van der Waals surface area contributed by atoms with E-state index in [9.17, 15) is 18.0 Å². The lowest BCUT2D eigenvalue weighted by molar-refractivity contribution is -0.139. The van der Waals surface area contributed by atoms with Crippen LogP contribution in [0.2, 0.25) is 0 Å². The van der Waals surface area contributed by atoms with E-state index in [1.54, 1.807) is 31.2 Å². The number of benzene rings is 3. The Balaban J connectivity index is 1.81. The van der Waals surface area contributed by atoms with Crippen LogP contribution >= 0.6 is 15.9 Å². The molecule has 0 radical (unpaired) electrons. The van der Waals surface area contributed by atoms with Gasteiger partial charge >= 0.3 is 0 Å². The van der Waals surface area contributed by atoms with Crippen molar-refractivity contribution >= 4 is 43.5 Å². The molecule has 2 amide bonds. The van der Waals surface area contributed by atoms with Crippen molar-refractivity contribution in [3.05, 3.63) is 94.5 Å². The monoisotopic (exact) mass is 615 g/mol. The van der Waals surface area contributed by atoms with Crippen molar-refractivity contribution in [1.29, 1.82) is 0 Å². The Morgan fingerprint density at radius 2 is 1.64 bits per heavy atom. The van der Waals surface area contributed by atoms with Gasteiger partial charge in [-0.15, -0.1) is 0 Å². The molecule has 0 aliphatic carbocycles. The molecule has 0 bridgehead atoms. The third-order valence-corrected chi connectivity index (χ3v) is 7.64. The van der Waals surface area contributed by atoms with Gasteiger partial charge in [-0.25, -0.2) is 8.42 Å². The number of carbonyl (C=O) groups excluding carboxylic acids is 2. The van der Waals surface area contributed by atoms with Crippen LogP contribution in [0.15, 0.2) is 83.3 Å². The molecule has 0 saturated heterocycles. The topological polar surface area (TPSA) is 96.0 Å². The molecule has 3 rings (SSSR count). The van der Waals surface area contributed by atoms with Crippen LogP contribution in [0.1, 0.15) is 31.4 Å². The molecule has 0 aromatic heterocycles. The predicted molar refractivity (Wildman–Crippen MR) is 157 cm³/mol. The minimum atomic E-state index is -3.82. The number of hydrogen-bond donors (Lipinski definition) is 1. The molecule has 3 aromatic rings. The smallest absolute Gasteiger partial charge is 0.244 e. The lowest BCUT2D eigenvalue weighted by Gasteiger charge is -2.31. The Bertz CT molecular complexity index is 1350. The maximum Gasteiger partial charge on any atom is 0.244 e. The molecule has 0 aliphatic heterocycles. The Hall–Kier alpha value is -3.37. The zero-order valence-electron chi connectivity index (χ0n) is 22.3. The number of ether oxygens (including phenoxy) is 1. The van der Waals surface area contributed by atoms with Crippen molar-refractivity contribution in [1.82, 2.24) is 10.2 Å². The number of nitrogens with zero attached hydrogens (tertiary/aromatic N) is 2. The van der Waals surface area contributed by atoms with Gasteiger partial charge in [0.1, 0.15) is 24.9 Å². The maximum absolute atomic E-state index is 13.6. The van der Waals surface area contributed by atoms with E-state index in [-0.39, 0.29) is 12.5 Å². The molecule has 208 valence electrons. The molecule has 0 aliphatic rings. The third-order valence-electron chi connectivity index (χ3n) is 6.01. The van der Waals surface area contributed by atoms with Crippen LogP contribution in [-0.4, -0.2) is 50.5 Å². The second kappa shape index (κ2) is 14.1. The summed E-state index contributed by atoms with van der Waals surface area (Å²) in [7, 11) is -3.82. The van der Waals surface area contributed by atoms with Gasteiger partial charge in [0, 0.05) is 17.6 Å². The number of anilines is 1. The van der Waals surface area contributed by atoms with Crippen LogP contribution < -0.4 is 14.4 Å². The first-order valence-electron chi connectivity index (χ1n) is 12.6. The van der Waals surface area contributed by atoms with Crippen molar-refractivity contribution in [2.45, 2.75) is 39.5 Å². The number of carbonyl (C=O) groups is 2. The maximum atomic E-state index is 13.6. The van der Waals surface area contributed by atoms with E-state index >= 15 is 0 Å². The average Bonchev–Trinajstić information content (AvgIpc) is 2.92. The number of rotatable bonds is 13. The summed E-state index contributed by atoms with van der Waals surface area (Å²) in [6.45, 7) is 4.13.